The van der Waals surface area contributed by atoms with Crippen LogP contribution in [0.5, 0.6) is 0 Å². The predicted octanol–water partition coefficient (Wildman–Crippen LogP) is 2.13. The highest BCUT2D eigenvalue weighted by Crippen LogP contribution is 2.18. The lowest BCUT2D eigenvalue weighted by Crippen LogP contribution is -2.34. The molecule has 1 heterocycles. The fourth-order valence-corrected chi connectivity index (χ4v) is 3.16. The normalized spacial score (nSPS) is 10.5. The molecule has 0 saturated carbocycles. The smallest absolute Gasteiger partial charge is 0.243 e. The van der Waals surface area contributed by atoms with Gasteiger partial charge < -0.3 is 10.6 Å². The molecule has 8 nitrogen and oxygen atoms in total. The predicted molar refractivity (Wildman–Crippen MR) is 107 cm³/mol. The van der Waals surface area contributed by atoms with E-state index < -0.39 is 0 Å². The molecular weight excluding hydrogens is 376 g/mol. The molecule has 2 aromatic carbocycles. The Kier molecular flexibility index (Phi) is 6.38. The molecule has 0 atom stereocenters. The SMILES string of the molecule is Cc1cccc(NC(=O)CNC(=O)CSc2nnnn2-c2ccccc2)c1C. The number of aryl methyl sites for hydroxylation is 1. The lowest BCUT2D eigenvalue weighted by Gasteiger charge is -2.11. The summed E-state index contributed by atoms with van der Waals surface area (Å²) >= 11 is 1.20. The van der Waals surface area contributed by atoms with Gasteiger partial charge in [-0.3, -0.25) is 9.59 Å². The highest BCUT2D eigenvalue weighted by Gasteiger charge is 2.12. The van der Waals surface area contributed by atoms with E-state index in [9.17, 15) is 9.59 Å². The topological polar surface area (TPSA) is 102 Å². The minimum absolute atomic E-state index is 0.101. The van der Waals surface area contributed by atoms with Crippen molar-refractivity contribution in [3.63, 3.8) is 0 Å². The van der Waals surface area contributed by atoms with E-state index >= 15 is 0 Å². The monoisotopic (exact) mass is 396 g/mol. The van der Waals surface area contributed by atoms with Crippen molar-refractivity contribution in [3.8, 4) is 5.69 Å². The van der Waals surface area contributed by atoms with E-state index in [1.807, 2.05) is 62.4 Å². The van der Waals surface area contributed by atoms with Crippen LogP contribution in [0.25, 0.3) is 5.69 Å². The van der Waals surface area contributed by atoms with Crippen LogP contribution in [0.2, 0.25) is 0 Å². The third kappa shape index (κ3) is 4.95. The molecule has 3 aromatic rings. The zero-order valence-electron chi connectivity index (χ0n) is 15.5. The molecule has 0 spiro atoms. The largest absolute Gasteiger partial charge is 0.346 e. The molecule has 0 fully saturated rings. The van der Waals surface area contributed by atoms with Gasteiger partial charge in [0.25, 0.3) is 0 Å². The van der Waals surface area contributed by atoms with Gasteiger partial charge in [-0.25, -0.2) is 0 Å². The molecule has 1 aromatic heterocycles. The molecular formula is C19H20N6O2S. The number of nitrogens with zero attached hydrogens (tertiary/aromatic N) is 4. The lowest BCUT2D eigenvalue weighted by atomic mass is 10.1. The molecule has 0 bridgehead atoms. The van der Waals surface area contributed by atoms with Crippen LogP contribution in [0, 0.1) is 13.8 Å². The number of amides is 2. The number of thioether (sulfide) groups is 1. The van der Waals surface area contributed by atoms with Gasteiger partial charge in [-0.15, -0.1) is 5.10 Å². The fourth-order valence-electron chi connectivity index (χ4n) is 2.44. The second kappa shape index (κ2) is 9.14. The number of para-hydroxylation sites is 1. The Morgan fingerprint density at radius 2 is 1.82 bits per heavy atom. The molecule has 0 radical (unpaired) electrons. The van der Waals surface area contributed by atoms with E-state index in [2.05, 4.69) is 26.2 Å². The van der Waals surface area contributed by atoms with Crippen molar-refractivity contribution in [1.29, 1.82) is 0 Å². The minimum atomic E-state index is -0.277. The zero-order chi connectivity index (χ0) is 19.9. The molecule has 2 N–H and O–H groups in total. The number of benzene rings is 2. The second-order valence-corrected chi connectivity index (χ2v) is 7.01. The van der Waals surface area contributed by atoms with Gasteiger partial charge in [0.05, 0.1) is 18.0 Å². The average Bonchev–Trinajstić information content (AvgIpc) is 3.17. The molecule has 0 unspecified atom stereocenters. The van der Waals surface area contributed by atoms with E-state index in [0.717, 1.165) is 22.5 Å². The highest BCUT2D eigenvalue weighted by molar-refractivity contribution is 7.99. The van der Waals surface area contributed by atoms with Crippen LogP contribution in [-0.2, 0) is 9.59 Å². The number of anilines is 1. The summed E-state index contributed by atoms with van der Waals surface area (Å²) < 4.78 is 1.56. The number of tetrazole rings is 1. The van der Waals surface area contributed by atoms with Gasteiger partial charge in [0.15, 0.2) is 0 Å². The lowest BCUT2D eigenvalue weighted by molar-refractivity contribution is -0.122. The number of nitrogens with one attached hydrogen (secondary N) is 2. The Morgan fingerprint density at radius 1 is 1.04 bits per heavy atom. The van der Waals surface area contributed by atoms with Crippen molar-refractivity contribution >= 4 is 29.3 Å². The molecule has 144 valence electrons. The van der Waals surface area contributed by atoms with Gasteiger partial charge in [0, 0.05) is 5.69 Å². The summed E-state index contributed by atoms with van der Waals surface area (Å²) in [6.45, 7) is 3.82. The third-order valence-electron chi connectivity index (χ3n) is 4.10. The van der Waals surface area contributed by atoms with Crippen molar-refractivity contribution in [2.75, 3.05) is 17.6 Å². The quantitative estimate of drug-likeness (QED) is 0.593. The Labute approximate surface area is 166 Å². The zero-order valence-corrected chi connectivity index (χ0v) is 16.4. The van der Waals surface area contributed by atoms with Crippen LogP contribution in [0.3, 0.4) is 0 Å². The summed E-state index contributed by atoms with van der Waals surface area (Å²) in [6, 6.07) is 15.1. The van der Waals surface area contributed by atoms with Gasteiger partial charge >= 0.3 is 0 Å². The van der Waals surface area contributed by atoms with Crippen LogP contribution >= 0.6 is 11.8 Å². The van der Waals surface area contributed by atoms with Gasteiger partial charge in [0.1, 0.15) is 0 Å². The summed E-state index contributed by atoms with van der Waals surface area (Å²) in [5, 5.41) is 17.5. The molecule has 0 aliphatic carbocycles. The summed E-state index contributed by atoms with van der Waals surface area (Å²) in [6.07, 6.45) is 0. The van der Waals surface area contributed by atoms with E-state index in [0.29, 0.717) is 5.16 Å². The molecule has 28 heavy (non-hydrogen) atoms. The van der Waals surface area contributed by atoms with E-state index in [1.165, 1.54) is 11.8 Å². The Hall–Kier alpha value is -3.20. The van der Waals surface area contributed by atoms with Crippen LogP contribution in [0.15, 0.2) is 53.7 Å². The van der Waals surface area contributed by atoms with Gasteiger partial charge in [-0.1, -0.05) is 42.1 Å². The maximum atomic E-state index is 12.1. The van der Waals surface area contributed by atoms with Crippen LogP contribution in [0.4, 0.5) is 5.69 Å². The molecule has 0 saturated heterocycles. The van der Waals surface area contributed by atoms with Crippen molar-refractivity contribution in [2.45, 2.75) is 19.0 Å². The molecule has 0 aliphatic heterocycles. The first kappa shape index (κ1) is 19.6. The maximum absolute atomic E-state index is 12.1. The number of aromatic nitrogens is 4. The minimum Gasteiger partial charge on any atom is -0.346 e. The maximum Gasteiger partial charge on any atom is 0.243 e. The first-order valence-corrected chi connectivity index (χ1v) is 9.62. The van der Waals surface area contributed by atoms with E-state index in [-0.39, 0.29) is 24.1 Å². The van der Waals surface area contributed by atoms with E-state index in [1.54, 1.807) is 4.68 Å². The molecule has 2 amide bonds. The average molecular weight is 396 g/mol. The number of carbonyl (C=O) groups is 2. The summed E-state index contributed by atoms with van der Waals surface area (Å²) in [5.41, 5.74) is 3.65. The Balaban J connectivity index is 1.48. The molecule has 3 rings (SSSR count). The van der Waals surface area contributed by atoms with Crippen LogP contribution in [-0.4, -0.2) is 44.3 Å². The Bertz CT molecular complexity index is 974. The van der Waals surface area contributed by atoms with Crippen molar-refractivity contribution < 1.29 is 9.59 Å². The summed E-state index contributed by atoms with van der Waals surface area (Å²) in [5.74, 6) is -0.450. The van der Waals surface area contributed by atoms with Crippen molar-refractivity contribution in [1.82, 2.24) is 25.5 Å². The van der Waals surface area contributed by atoms with Crippen molar-refractivity contribution in [2.24, 2.45) is 0 Å². The first-order valence-electron chi connectivity index (χ1n) is 8.64. The number of rotatable bonds is 7. The summed E-state index contributed by atoms with van der Waals surface area (Å²) in [4.78, 5) is 24.2. The fraction of sp³-hybridized carbons (Fsp3) is 0.211. The van der Waals surface area contributed by atoms with E-state index in [4.69, 9.17) is 0 Å². The highest BCUT2D eigenvalue weighted by atomic mass is 32.2. The van der Waals surface area contributed by atoms with Gasteiger partial charge in [0.2, 0.25) is 17.0 Å². The number of carbonyl (C=O) groups excluding carboxylic acids is 2. The molecule has 9 heteroatoms. The second-order valence-electron chi connectivity index (χ2n) is 6.07. The van der Waals surface area contributed by atoms with Crippen molar-refractivity contribution in [3.05, 3.63) is 59.7 Å². The molecule has 0 aliphatic rings. The summed E-state index contributed by atoms with van der Waals surface area (Å²) in [7, 11) is 0. The van der Waals surface area contributed by atoms with Gasteiger partial charge in [-0.2, -0.15) is 4.68 Å². The number of hydrogen-bond donors (Lipinski definition) is 2. The first-order chi connectivity index (χ1) is 13.5. The number of hydrogen-bond acceptors (Lipinski definition) is 6. The van der Waals surface area contributed by atoms with Crippen LogP contribution in [0.1, 0.15) is 11.1 Å². The third-order valence-corrected chi connectivity index (χ3v) is 5.02. The van der Waals surface area contributed by atoms with Crippen LogP contribution < -0.4 is 10.6 Å². The Morgan fingerprint density at radius 3 is 2.61 bits per heavy atom. The standard InChI is InChI=1S/C19H20N6O2S/c1-13-7-6-10-16(14(13)2)21-17(26)11-20-18(27)12-28-19-22-23-24-25(19)15-8-4-3-5-9-15/h3-10H,11-12H2,1-2H3,(H,20,27)(H,21,26). The van der Waals surface area contributed by atoms with Gasteiger partial charge in [-0.05, 0) is 53.6 Å².